The molecule has 33 heavy (non-hydrogen) atoms. The predicted octanol–water partition coefficient (Wildman–Crippen LogP) is 5.58. The Labute approximate surface area is 191 Å². The van der Waals surface area contributed by atoms with Crippen molar-refractivity contribution < 1.29 is 22.4 Å². The Hall–Kier alpha value is -3.33. The Morgan fingerprint density at radius 2 is 1.61 bits per heavy atom. The third kappa shape index (κ3) is 3.97. The number of benzene rings is 2. The van der Waals surface area contributed by atoms with Crippen LogP contribution in [0.5, 0.6) is 0 Å². The van der Waals surface area contributed by atoms with Crippen LogP contribution in [-0.4, -0.2) is 17.1 Å². The quantitative estimate of drug-likeness (QED) is 0.364. The lowest BCUT2D eigenvalue weighted by atomic mass is 10.0. The first-order valence-corrected chi connectivity index (χ1v) is 10.4. The van der Waals surface area contributed by atoms with E-state index in [0.717, 1.165) is 18.2 Å². The minimum atomic E-state index is -4.61. The van der Waals surface area contributed by atoms with E-state index in [2.05, 4.69) is 0 Å². The second-order valence-electron chi connectivity index (χ2n) is 7.65. The van der Waals surface area contributed by atoms with Crippen molar-refractivity contribution in [2.75, 3.05) is 16.5 Å². The van der Waals surface area contributed by atoms with Crippen LogP contribution >= 0.6 is 11.6 Å². The van der Waals surface area contributed by atoms with E-state index < -0.39 is 23.5 Å². The summed E-state index contributed by atoms with van der Waals surface area (Å²) in [5, 5.41) is 0. The van der Waals surface area contributed by atoms with E-state index in [1.807, 2.05) is 0 Å². The van der Waals surface area contributed by atoms with Gasteiger partial charge in [0.15, 0.2) is 0 Å². The average molecular weight is 480 g/mol. The van der Waals surface area contributed by atoms with Gasteiger partial charge in [0.05, 0.1) is 22.5 Å². The standard InChI is InChI=1S/C23H18ClF4N3O2/c1-13-9-16(25)4-6-18(13)30-12-31(19-7-8-21(32)29(11-24)14(19)2)22(33)17-5-3-15(10-20(17)30)23(26,27)28/h3-10H,11-12H2,1-2H3. The maximum absolute atomic E-state index is 13.7. The van der Waals surface area contributed by atoms with Gasteiger partial charge in [0.2, 0.25) is 0 Å². The van der Waals surface area contributed by atoms with Crippen LogP contribution in [0, 0.1) is 19.7 Å². The zero-order chi connectivity index (χ0) is 24.1. The Bertz CT molecular complexity index is 1320. The molecular weight excluding hydrogens is 462 g/mol. The van der Waals surface area contributed by atoms with Gasteiger partial charge in [-0.25, -0.2) is 4.39 Å². The molecule has 1 amide bonds. The molecule has 0 unspecified atom stereocenters. The zero-order valence-electron chi connectivity index (χ0n) is 17.6. The summed E-state index contributed by atoms with van der Waals surface area (Å²) in [4.78, 5) is 28.4. The molecule has 172 valence electrons. The van der Waals surface area contributed by atoms with Gasteiger partial charge in [0.25, 0.3) is 11.5 Å². The number of alkyl halides is 4. The molecule has 0 radical (unpaired) electrons. The molecule has 3 aromatic rings. The summed E-state index contributed by atoms with van der Waals surface area (Å²) in [6, 6.07) is 9.44. The van der Waals surface area contributed by atoms with Crippen molar-refractivity contribution in [2.45, 2.75) is 26.0 Å². The number of halogens is 5. The van der Waals surface area contributed by atoms with E-state index in [4.69, 9.17) is 11.6 Å². The SMILES string of the molecule is Cc1cc(F)ccc1N1CN(c2ccc(=O)n(CCl)c2C)C(=O)c2ccc(C(F)(F)F)cc21. The summed E-state index contributed by atoms with van der Waals surface area (Å²) in [6.45, 7) is 3.11. The van der Waals surface area contributed by atoms with Crippen molar-refractivity contribution in [2.24, 2.45) is 0 Å². The van der Waals surface area contributed by atoms with Crippen molar-refractivity contribution in [3.8, 4) is 0 Å². The number of carbonyl (C=O) groups excluding carboxylic acids is 1. The van der Waals surface area contributed by atoms with Crippen molar-refractivity contribution in [1.29, 1.82) is 0 Å². The molecule has 0 saturated heterocycles. The summed E-state index contributed by atoms with van der Waals surface area (Å²) in [7, 11) is 0. The first-order chi connectivity index (χ1) is 15.5. The van der Waals surface area contributed by atoms with E-state index >= 15 is 0 Å². The van der Waals surface area contributed by atoms with E-state index in [-0.39, 0.29) is 29.5 Å². The molecule has 10 heteroatoms. The number of carbonyl (C=O) groups is 1. The number of anilines is 3. The van der Waals surface area contributed by atoms with Crippen LogP contribution in [-0.2, 0) is 12.2 Å². The highest BCUT2D eigenvalue weighted by molar-refractivity contribution is 6.15. The highest BCUT2D eigenvalue weighted by atomic mass is 35.5. The largest absolute Gasteiger partial charge is 0.416 e. The van der Waals surface area contributed by atoms with Gasteiger partial charge in [-0.15, -0.1) is 11.6 Å². The molecule has 1 aliphatic rings. The van der Waals surface area contributed by atoms with Gasteiger partial charge < -0.3 is 4.90 Å². The smallest absolute Gasteiger partial charge is 0.322 e. The molecule has 0 spiro atoms. The highest BCUT2D eigenvalue weighted by Crippen LogP contribution is 2.41. The molecule has 1 aromatic heterocycles. The van der Waals surface area contributed by atoms with E-state index in [0.29, 0.717) is 22.6 Å². The van der Waals surface area contributed by atoms with Crippen LogP contribution in [0.4, 0.5) is 34.6 Å². The predicted molar refractivity (Wildman–Crippen MR) is 118 cm³/mol. The first-order valence-electron chi connectivity index (χ1n) is 9.86. The van der Waals surface area contributed by atoms with Crippen LogP contribution in [0.1, 0.15) is 27.2 Å². The number of amides is 1. The number of hydrogen-bond acceptors (Lipinski definition) is 3. The lowest BCUT2D eigenvalue weighted by molar-refractivity contribution is -0.137. The van der Waals surface area contributed by atoms with Crippen LogP contribution in [0.25, 0.3) is 0 Å². The van der Waals surface area contributed by atoms with Gasteiger partial charge in [0, 0.05) is 17.4 Å². The number of aromatic nitrogens is 1. The fourth-order valence-electron chi connectivity index (χ4n) is 3.95. The molecule has 0 saturated carbocycles. The molecule has 0 bridgehead atoms. The summed E-state index contributed by atoms with van der Waals surface area (Å²) in [6.07, 6.45) is -4.61. The van der Waals surface area contributed by atoms with Crippen LogP contribution < -0.4 is 15.4 Å². The zero-order valence-corrected chi connectivity index (χ0v) is 18.3. The average Bonchev–Trinajstić information content (AvgIpc) is 2.75. The minimum Gasteiger partial charge on any atom is -0.322 e. The summed E-state index contributed by atoms with van der Waals surface area (Å²) < 4.78 is 55.3. The van der Waals surface area contributed by atoms with E-state index in [1.165, 1.54) is 44.7 Å². The molecule has 4 rings (SSSR count). The second-order valence-corrected chi connectivity index (χ2v) is 7.89. The topological polar surface area (TPSA) is 45.5 Å². The number of aryl methyl sites for hydroxylation is 1. The summed E-state index contributed by atoms with van der Waals surface area (Å²) in [5.41, 5.74) is 0.585. The van der Waals surface area contributed by atoms with Gasteiger partial charge >= 0.3 is 6.18 Å². The van der Waals surface area contributed by atoms with Gasteiger partial charge in [-0.3, -0.25) is 19.1 Å². The highest BCUT2D eigenvalue weighted by Gasteiger charge is 2.37. The number of fused-ring (bicyclic) bond motifs is 1. The fraction of sp³-hybridized carbons (Fsp3) is 0.217. The van der Waals surface area contributed by atoms with E-state index in [1.54, 1.807) is 13.8 Å². The monoisotopic (exact) mass is 479 g/mol. The number of nitrogens with zero attached hydrogens (tertiary/aromatic N) is 3. The number of rotatable bonds is 3. The lowest BCUT2D eigenvalue weighted by Crippen LogP contribution is -2.46. The van der Waals surface area contributed by atoms with Crippen LogP contribution in [0.3, 0.4) is 0 Å². The van der Waals surface area contributed by atoms with Crippen LogP contribution in [0.2, 0.25) is 0 Å². The number of hydrogen-bond donors (Lipinski definition) is 0. The first kappa shape index (κ1) is 22.8. The van der Waals surface area contributed by atoms with Gasteiger partial charge in [0.1, 0.15) is 18.5 Å². The second kappa shape index (κ2) is 8.22. The maximum Gasteiger partial charge on any atom is 0.416 e. The van der Waals surface area contributed by atoms with Crippen LogP contribution in [0.15, 0.2) is 53.3 Å². The Morgan fingerprint density at radius 3 is 2.24 bits per heavy atom. The third-order valence-corrected chi connectivity index (χ3v) is 5.90. The van der Waals surface area contributed by atoms with Gasteiger partial charge in [-0.2, -0.15) is 13.2 Å². The molecule has 0 fully saturated rings. The van der Waals surface area contributed by atoms with Crippen molar-refractivity contribution in [1.82, 2.24) is 4.57 Å². The normalized spacial score (nSPS) is 14.0. The van der Waals surface area contributed by atoms with Gasteiger partial charge in [-0.05, 0) is 61.9 Å². The Balaban J connectivity index is 1.94. The molecule has 1 aliphatic heterocycles. The molecule has 2 aromatic carbocycles. The lowest BCUT2D eigenvalue weighted by Gasteiger charge is -2.39. The molecule has 0 atom stereocenters. The third-order valence-electron chi connectivity index (χ3n) is 5.66. The molecule has 5 nitrogen and oxygen atoms in total. The fourth-order valence-corrected chi connectivity index (χ4v) is 4.25. The molecule has 0 N–H and O–H groups in total. The Morgan fingerprint density at radius 1 is 0.909 bits per heavy atom. The van der Waals surface area contributed by atoms with Gasteiger partial charge in [-0.1, -0.05) is 0 Å². The van der Waals surface area contributed by atoms with Crippen molar-refractivity contribution >= 4 is 34.6 Å². The van der Waals surface area contributed by atoms with E-state index in [9.17, 15) is 27.2 Å². The molecular formula is C23H18ClF4N3O2. The van der Waals surface area contributed by atoms with Crippen molar-refractivity contribution in [3.63, 3.8) is 0 Å². The summed E-state index contributed by atoms with van der Waals surface area (Å²) in [5.74, 6) is -1.02. The van der Waals surface area contributed by atoms with Crippen molar-refractivity contribution in [3.05, 3.63) is 87.1 Å². The summed E-state index contributed by atoms with van der Waals surface area (Å²) >= 11 is 5.89. The number of pyridine rings is 1. The Kier molecular flexibility index (Phi) is 5.69. The maximum atomic E-state index is 13.7. The molecule has 2 heterocycles. The minimum absolute atomic E-state index is 0.0426. The molecule has 0 aliphatic carbocycles.